The number of carbonyl (C=O) groups is 1. The maximum absolute atomic E-state index is 12.9. The summed E-state index contributed by atoms with van der Waals surface area (Å²) in [6.45, 7) is 4.18. The zero-order chi connectivity index (χ0) is 14.5. The van der Waals surface area contributed by atoms with Crippen molar-refractivity contribution in [1.29, 1.82) is 0 Å². The zero-order valence-corrected chi connectivity index (χ0v) is 11.4. The number of aromatic nitrogens is 4. The van der Waals surface area contributed by atoms with Crippen LogP contribution in [0.5, 0.6) is 0 Å². The second kappa shape index (κ2) is 6.23. The molecule has 0 saturated carbocycles. The molecule has 20 heavy (non-hydrogen) atoms. The van der Waals surface area contributed by atoms with Crippen LogP contribution in [0.25, 0.3) is 5.69 Å². The van der Waals surface area contributed by atoms with Gasteiger partial charge in [0, 0.05) is 6.42 Å². The lowest BCUT2D eigenvalue weighted by Gasteiger charge is -2.07. The van der Waals surface area contributed by atoms with Crippen molar-refractivity contribution in [3.05, 3.63) is 35.9 Å². The Morgan fingerprint density at radius 2 is 2.05 bits per heavy atom. The molecule has 0 bridgehead atoms. The minimum atomic E-state index is -0.325. The van der Waals surface area contributed by atoms with E-state index < -0.39 is 0 Å². The smallest absolute Gasteiger partial charge is 0.220 e. The topological polar surface area (TPSA) is 72.7 Å². The van der Waals surface area contributed by atoms with Gasteiger partial charge in [0.1, 0.15) is 5.82 Å². The number of tetrazole rings is 1. The van der Waals surface area contributed by atoms with Gasteiger partial charge in [0.05, 0.1) is 12.2 Å². The molecule has 0 aliphatic carbocycles. The van der Waals surface area contributed by atoms with Crippen LogP contribution in [0.2, 0.25) is 0 Å². The quantitative estimate of drug-likeness (QED) is 0.898. The molecule has 0 aliphatic heterocycles. The second-order valence-electron chi connectivity index (χ2n) is 4.86. The van der Waals surface area contributed by atoms with Gasteiger partial charge >= 0.3 is 0 Å². The normalized spacial score (nSPS) is 10.8. The summed E-state index contributed by atoms with van der Waals surface area (Å²) < 4.78 is 14.4. The van der Waals surface area contributed by atoms with Crippen molar-refractivity contribution in [2.75, 3.05) is 0 Å². The molecular formula is C13H16FN5O. The van der Waals surface area contributed by atoms with Gasteiger partial charge in [0.15, 0.2) is 5.82 Å². The summed E-state index contributed by atoms with van der Waals surface area (Å²) in [5.41, 5.74) is 0.643. The van der Waals surface area contributed by atoms with Gasteiger partial charge in [-0.05, 0) is 40.6 Å². The van der Waals surface area contributed by atoms with Gasteiger partial charge in [0.2, 0.25) is 5.91 Å². The molecule has 0 fully saturated rings. The number of carbonyl (C=O) groups excluding carboxylic acids is 1. The Balaban J connectivity index is 2.05. The average molecular weight is 277 g/mol. The van der Waals surface area contributed by atoms with E-state index >= 15 is 0 Å². The summed E-state index contributed by atoms with van der Waals surface area (Å²) in [5.74, 6) is 0.416. The van der Waals surface area contributed by atoms with Crippen LogP contribution in [0.4, 0.5) is 4.39 Å². The van der Waals surface area contributed by atoms with Crippen molar-refractivity contribution in [3.63, 3.8) is 0 Å². The molecule has 2 aromatic rings. The van der Waals surface area contributed by atoms with E-state index in [4.69, 9.17) is 0 Å². The number of halogens is 1. The first kappa shape index (κ1) is 14.1. The summed E-state index contributed by atoms with van der Waals surface area (Å²) >= 11 is 0. The van der Waals surface area contributed by atoms with Gasteiger partial charge < -0.3 is 5.32 Å². The van der Waals surface area contributed by atoms with Crippen molar-refractivity contribution in [3.8, 4) is 5.69 Å². The average Bonchev–Trinajstić information content (AvgIpc) is 2.85. The van der Waals surface area contributed by atoms with Crippen LogP contribution < -0.4 is 5.32 Å². The van der Waals surface area contributed by atoms with E-state index in [0.29, 0.717) is 23.9 Å². The van der Waals surface area contributed by atoms with E-state index in [0.717, 1.165) is 0 Å². The molecule has 0 spiro atoms. The molecule has 1 aromatic heterocycles. The molecule has 0 aliphatic rings. The van der Waals surface area contributed by atoms with Crippen LogP contribution >= 0.6 is 0 Å². The van der Waals surface area contributed by atoms with Crippen LogP contribution in [0.3, 0.4) is 0 Å². The molecule has 1 heterocycles. The lowest BCUT2D eigenvalue weighted by Crippen LogP contribution is -2.25. The van der Waals surface area contributed by atoms with E-state index in [9.17, 15) is 9.18 Å². The highest BCUT2D eigenvalue weighted by molar-refractivity contribution is 5.75. The molecule has 1 amide bonds. The fraction of sp³-hybridized carbons (Fsp3) is 0.385. The lowest BCUT2D eigenvalue weighted by atomic mass is 10.1. The monoisotopic (exact) mass is 277 g/mol. The van der Waals surface area contributed by atoms with Crippen LogP contribution in [-0.4, -0.2) is 26.1 Å². The predicted octanol–water partition coefficient (Wildman–Crippen LogP) is 1.46. The molecule has 0 saturated heterocycles. The number of rotatable bonds is 5. The Morgan fingerprint density at radius 3 is 2.70 bits per heavy atom. The first-order chi connectivity index (χ1) is 9.56. The number of nitrogens with one attached hydrogen (secondary N) is 1. The van der Waals surface area contributed by atoms with Gasteiger partial charge in [-0.1, -0.05) is 13.8 Å². The van der Waals surface area contributed by atoms with Crippen LogP contribution in [0.15, 0.2) is 24.3 Å². The third-order valence-corrected chi connectivity index (χ3v) is 2.64. The van der Waals surface area contributed by atoms with Crippen molar-refractivity contribution < 1.29 is 9.18 Å². The van der Waals surface area contributed by atoms with Crippen molar-refractivity contribution in [2.45, 2.75) is 26.8 Å². The molecule has 0 radical (unpaired) electrons. The number of hydrogen-bond donors (Lipinski definition) is 1. The molecule has 1 aromatic carbocycles. The second-order valence-corrected chi connectivity index (χ2v) is 4.86. The van der Waals surface area contributed by atoms with Crippen molar-refractivity contribution in [1.82, 2.24) is 25.5 Å². The lowest BCUT2D eigenvalue weighted by molar-refractivity contribution is -0.122. The van der Waals surface area contributed by atoms with Gasteiger partial charge in [0.25, 0.3) is 0 Å². The summed E-state index contributed by atoms with van der Waals surface area (Å²) in [4.78, 5) is 11.6. The number of amides is 1. The molecular weight excluding hydrogens is 261 g/mol. The zero-order valence-electron chi connectivity index (χ0n) is 11.4. The highest BCUT2D eigenvalue weighted by atomic mass is 19.1. The third-order valence-electron chi connectivity index (χ3n) is 2.64. The van der Waals surface area contributed by atoms with Crippen LogP contribution in [-0.2, 0) is 11.3 Å². The predicted molar refractivity (Wildman–Crippen MR) is 70.4 cm³/mol. The summed E-state index contributed by atoms with van der Waals surface area (Å²) in [6, 6.07) is 5.81. The Bertz CT molecular complexity index is 579. The fourth-order valence-electron chi connectivity index (χ4n) is 1.72. The number of benzene rings is 1. The van der Waals surface area contributed by atoms with E-state index in [-0.39, 0.29) is 18.3 Å². The standard InChI is InChI=1S/C13H16FN5O/c1-9(2)7-13(20)15-8-12-16-17-18-19(12)11-5-3-10(14)4-6-11/h3-6,9H,7-8H2,1-2H3,(H,15,20). The number of nitrogens with zero attached hydrogens (tertiary/aromatic N) is 4. The van der Waals surface area contributed by atoms with Crippen LogP contribution in [0, 0.1) is 11.7 Å². The van der Waals surface area contributed by atoms with Gasteiger partial charge in [-0.3, -0.25) is 4.79 Å². The molecule has 6 nitrogen and oxygen atoms in total. The first-order valence-electron chi connectivity index (χ1n) is 6.36. The van der Waals surface area contributed by atoms with E-state index in [1.807, 2.05) is 13.8 Å². The minimum absolute atomic E-state index is 0.0475. The first-order valence-corrected chi connectivity index (χ1v) is 6.36. The summed E-state index contributed by atoms with van der Waals surface area (Å²) in [6.07, 6.45) is 0.456. The van der Waals surface area contributed by atoms with Gasteiger partial charge in [-0.2, -0.15) is 4.68 Å². The van der Waals surface area contributed by atoms with Gasteiger partial charge in [-0.25, -0.2) is 4.39 Å². The van der Waals surface area contributed by atoms with Crippen LogP contribution in [0.1, 0.15) is 26.1 Å². The largest absolute Gasteiger partial charge is 0.349 e. The van der Waals surface area contributed by atoms with E-state index in [1.165, 1.54) is 16.8 Å². The highest BCUT2D eigenvalue weighted by Crippen LogP contribution is 2.09. The molecule has 1 N–H and O–H groups in total. The minimum Gasteiger partial charge on any atom is -0.349 e. The van der Waals surface area contributed by atoms with E-state index in [1.54, 1.807) is 12.1 Å². The molecule has 7 heteroatoms. The maximum Gasteiger partial charge on any atom is 0.220 e. The fourth-order valence-corrected chi connectivity index (χ4v) is 1.72. The third kappa shape index (κ3) is 3.59. The Labute approximate surface area is 116 Å². The summed E-state index contributed by atoms with van der Waals surface area (Å²) in [5, 5.41) is 14.0. The SMILES string of the molecule is CC(C)CC(=O)NCc1nnnn1-c1ccc(F)cc1. The molecule has 0 atom stereocenters. The molecule has 0 unspecified atom stereocenters. The number of hydrogen-bond acceptors (Lipinski definition) is 4. The summed E-state index contributed by atoms with van der Waals surface area (Å²) in [7, 11) is 0. The Hall–Kier alpha value is -2.31. The molecule has 2 rings (SSSR count). The molecule has 106 valence electrons. The van der Waals surface area contributed by atoms with Crippen molar-refractivity contribution in [2.24, 2.45) is 5.92 Å². The Kier molecular flexibility index (Phi) is 4.39. The Morgan fingerprint density at radius 1 is 1.35 bits per heavy atom. The maximum atomic E-state index is 12.9. The van der Waals surface area contributed by atoms with Gasteiger partial charge in [-0.15, -0.1) is 5.10 Å². The highest BCUT2D eigenvalue weighted by Gasteiger charge is 2.10. The van der Waals surface area contributed by atoms with E-state index in [2.05, 4.69) is 20.8 Å². The van der Waals surface area contributed by atoms with Crippen molar-refractivity contribution >= 4 is 5.91 Å².